The normalized spacial score (nSPS) is 13.6. The molecule has 0 aromatic carbocycles. The topological polar surface area (TPSA) is 36.9 Å². The SMILES string of the molecule is CCCCCCCCCCCCCCCCc1c(-c2scc3c2OCCO3)sc2c(CCCCCCCCCCCCCCCC)c(-c3scc4c3OCCO4)sc12. The van der Waals surface area contributed by atoms with Gasteiger partial charge in [0.25, 0.3) is 0 Å². The highest BCUT2D eigenvalue weighted by atomic mass is 32.1. The van der Waals surface area contributed by atoms with Crippen LogP contribution in [-0.2, 0) is 12.8 Å². The van der Waals surface area contributed by atoms with E-state index in [1.807, 2.05) is 45.3 Å². The fourth-order valence-corrected chi connectivity index (χ4v) is 14.1. The summed E-state index contributed by atoms with van der Waals surface area (Å²) in [6, 6.07) is 0. The fraction of sp³-hybridized carbons (Fsp3) is 0.720. The van der Waals surface area contributed by atoms with Crippen LogP contribution in [0, 0.1) is 0 Å². The van der Waals surface area contributed by atoms with Gasteiger partial charge in [-0.2, -0.15) is 0 Å². The number of unbranched alkanes of at least 4 members (excludes halogenated alkanes) is 26. The zero-order valence-electron chi connectivity index (χ0n) is 36.5. The number of ether oxygens (including phenoxy) is 4. The molecule has 324 valence electrons. The maximum absolute atomic E-state index is 6.30. The van der Waals surface area contributed by atoms with Gasteiger partial charge in [-0.15, -0.1) is 45.3 Å². The predicted molar refractivity (Wildman–Crippen MR) is 256 cm³/mol. The molecule has 8 heteroatoms. The molecule has 6 rings (SSSR count). The first-order valence-electron chi connectivity index (χ1n) is 24.1. The third-order valence-electron chi connectivity index (χ3n) is 12.3. The standard InChI is InChI=1S/C50H76O4S4/c1-3-5-7-9-11-13-15-17-19-21-23-25-27-29-31-39-45-46(58-47(39)49-43-41(37-55-49)51-33-35-53-43)40(48(57-45)50-44-42(38-56-50)52-34-36-54-44)32-30-28-26-24-22-20-18-16-14-12-10-8-6-4-2/h37-38H,3-36H2,1-2H3. The second-order valence-electron chi connectivity index (χ2n) is 17.1. The molecule has 0 atom stereocenters. The van der Waals surface area contributed by atoms with Crippen LogP contribution in [0.25, 0.3) is 28.9 Å². The highest BCUT2D eigenvalue weighted by Crippen LogP contribution is 2.57. The van der Waals surface area contributed by atoms with Crippen LogP contribution < -0.4 is 18.9 Å². The van der Waals surface area contributed by atoms with Crippen molar-refractivity contribution in [2.75, 3.05) is 26.4 Å². The van der Waals surface area contributed by atoms with Crippen LogP contribution in [0.3, 0.4) is 0 Å². The molecule has 0 amide bonds. The van der Waals surface area contributed by atoms with Gasteiger partial charge in [-0.05, 0) is 36.8 Å². The average Bonchev–Trinajstić information content (AvgIpc) is 4.03. The Labute approximate surface area is 368 Å². The first kappa shape index (κ1) is 45.8. The first-order chi connectivity index (χ1) is 28.8. The second kappa shape index (κ2) is 26.6. The Morgan fingerprint density at radius 3 is 0.983 bits per heavy atom. The van der Waals surface area contributed by atoms with Crippen LogP contribution in [0.5, 0.6) is 23.0 Å². The van der Waals surface area contributed by atoms with Crippen LogP contribution in [0.15, 0.2) is 10.8 Å². The lowest BCUT2D eigenvalue weighted by atomic mass is 10.0. The van der Waals surface area contributed by atoms with E-state index in [4.69, 9.17) is 18.9 Å². The summed E-state index contributed by atoms with van der Waals surface area (Å²) < 4.78 is 27.7. The molecule has 4 aromatic rings. The highest BCUT2D eigenvalue weighted by Gasteiger charge is 2.30. The van der Waals surface area contributed by atoms with Crippen molar-refractivity contribution in [3.8, 4) is 42.5 Å². The molecule has 2 aliphatic heterocycles. The van der Waals surface area contributed by atoms with E-state index in [1.165, 1.54) is 209 Å². The van der Waals surface area contributed by atoms with E-state index in [0.717, 1.165) is 35.8 Å². The number of rotatable bonds is 32. The van der Waals surface area contributed by atoms with Crippen molar-refractivity contribution in [1.29, 1.82) is 0 Å². The molecular formula is C50H76O4S4. The summed E-state index contributed by atoms with van der Waals surface area (Å²) in [6.07, 6.45) is 41.2. The lowest BCUT2D eigenvalue weighted by Gasteiger charge is -2.16. The Kier molecular flexibility index (Phi) is 21.0. The Morgan fingerprint density at radius 2 is 0.655 bits per heavy atom. The summed E-state index contributed by atoms with van der Waals surface area (Å²) in [5, 5.41) is 4.34. The summed E-state index contributed by atoms with van der Waals surface area (Å²) >= 11 is 7.67. The van der Waals surface area contributed by atoms with Crippen LogP contribution >= 0.6 is 45.3 Å². The number of aryl methyl sites for hydroxylation is 2. The maximum atomic E-state index is 6.30. The minimum atomic E-state index is 0.630. The summed E-state index contributed by atoms with van der Waals surface area (Å²) in [4.78, 5) is 5.40. The maximum Gasteiger partial charge on any atom is 0.180 e. The van der Waals surface area contributed by atoms with Crippen LogP contribution in [0.1, 0.15) is 205 Å². The van der Waals surface area contributed by atoms with E-state index < -0.39 is 0 Å². The Balaban J connectivity index is 1.08. The zero-order chi connectivity index (χ0) is 40.0. The predicted octanol–water partition coefficient (Wildman–Crippen LogP) is 18.0. The Morgan fingerprint density at radius 1 is 0.362 bits per heavy atom. The van der Waals surface area contributed by atoms with Gasteiger partial charge in [0.1, 0.15) is 26.4 Å². The van der Waals surface area contributed by atoms with Gasteiger partial charge < -0.3 is 18.9 Å². The molecule has 0 unspecified atom stereocenters. The largest absolute Gasteiger partial charge is 0.485 e. The van der Waals surface area contributed by atoms with Crippen molar-refractivity contribution in [1.82, 2.24) is 0 Å². The summed E-state index contributed by atoms with van der Waals surface area (Å²) in [5.74, 6) is 3.80. The molecule has 58 heavy (non-hydrogen) atoms. The van der Waals surface area contributed by atoms with Gasteiger partial charge in [-0.1, -0.05) is 181 Å². The number of thiophene rings is 4. The molecular weight excluding hydrogens is 793 g/mol. The van der Waals surface area contributed by atoms with Gasteiger partial charge >= 0.3 is 0 Å². The molecule has 0 saturated heterocycles. The number of hydrogen-bond donors (Lipinski definition) is 0. The average molecular weight is 869 g/mol. The van der Waals surface area contributed by atoms with Gasteiger partial charge in [-0.25, -0.2) is 0 Å². The van der Waals surface area contributed by atoms with Crippen molar-refractivity contribution in [3.05, 3.63) is 21.9 Å². The highest BCUT2D eigenvalue weighted by molar-refractivity contribution is 7.34. The van der Waals surface area contributed by atoms with Crippen molar-refractivity contribution < 1.29 is 18.9 Å². The third-order valence-corrected chi connectivity index (χ3v) is 17.2. The monoisotopic (exact) mass is 868 g/mol. The molecule has 0 N–H and O–H groups in total. The van der Waals surface area contributed by atoms with Gasteiger partial charge in [-0.3, -0.25) is 0 Å². The van der Waals surface area contributed by atoms with Crippen molar-refractivity contribution >= 4 is 54.7 Å². The van der Waals surface area contributed by atoms with Crippen molar-refractivity contribution in [3.63, 3.8) is 0 Å². The van der Waals surface area contributed by atoms with E-state index in [1.54, 1.807) is 11.1 Å². The quantitative estimate of drug-likeness (QED) is 0.0458. The molecule has 0 saturated carbocycles. The molecule has 0 aliphatic carbocycles. The zero-order valence-corrected chi connectivity index (χ0v) is 39.7. The van der Waals surface area contributed by atoms with E-state index >= 15 is 0 Å². The van der Waals surface area contributed by atoms with Gasteiger partial charge in [0.05, 0.1) is 19.5 Å². The van der Waals surface area contributed by atoms with Crippen LogP contribution in [0.2, 0.25) is 0 Å². The van der Waals surface area contributed by atoms with Crippen LogP contribution in [-0.4, -0.2) is 26.4 Å². The van der Waals surface area contributed by atoms with Gasteiger partial charge in [0.2, 0.25) is 0 Å². The van der Waals surface area contributed by atoms with E-state index in [9.17, 15) is 0 Å². The van der Waals surface area contributed by atoms with Crippen LogP contribution in [0.4, 0.5) is 0 Å². The number of fused-ring (bicyclic) bond motifs is 3. The molecule has 0 bridgehead atoms. The molecule has 6 heterocycles. The smallest absolute Gasteiger partial charge is 0.180 e. The Hall–Kier alpha value is -1.74. The van der Waals surface area contributed by atoms with Crippen molar-refractivity contribution in [2.45, 2.75) is 206 Å². The van der Waals surface area contributed by atoms with E-state index in [-0.39, 0.29) is 0 Å². The number of hydrogen-bond acceptors (Lipinski definition) is 8. The molecule has 4 aromatic heterocycles. The summed E-state index contributed by atoms with van der Waals surface area (Å²) in [5.41, 5.74) is 3.08. The van der Waals surface area contributed by atoms with E-state index in [0.29, 0.717) is 26.4 Å². The fourth-order valence-electron chi connectivity index (χ4n) is 8.88. The summed E-state index contributed by atoms with van der Waals surface area (Å²) in [6.45, 7) is 7.15. The Bertz CT molecular complexity index is 1590. The first-order valence-corrected chi connectivity index (χ1v) is 27.5. The molecule has 0 spiro atoms. The van der Waals surface area contributed by atoms with E-state index in [2.05, 4.69) is 24.6 Å². The lowest BCUT2D eigenvalue weighted by Crippen LogP contribution is -2.14. The van der Waals surface area contributed by atoms with Gasteiger partial charge in [0.15, 0.2) is 23.0 Å². The molecule has 0 radical (unpaired) electrons. The molecule has 0 fully saturated rings. The second-order valence-corrected chi connectivity index (χ2v) is 20.9. The minimum Gasteiger partial charge on any atom is -0.485 e. The molecule has 4 nitrogen and oxygen atoms in total. The van der Waals surface area contributed by atoms with Crippen molar-refractivity contribution in [2.24, 2.45) is 0 Å². The van der Waals surface area contributed by atoms with Gasteiger partial charge in [0, 0.05) is 20.2 Å². The molecule has 2 aliphatic rings. The third kappa shape index (κ3) is 13.6. The summed E-state index contributed by atoms with van der Waals surface area (Å²) in [7, 11) is 0. The minimum absolute atomic E-state index is 0.630. The lowest BCUT2D eigenvalue weighted by molar-refractivity contribution is 0.174.